The van der Waals surface area contributed by atoms with Crippen LogP contribution < -0.4 is 10.6 Å². The second kappa shape index (κ2) is 7.41. The van der Waals surface area contributed by atoms with Crippen molar-refractivity contribution in [1.29, 1.82) is 0 Å². The highest BCUT2D eigenvalue weighted by Crippen LogP contribution is 2.15. The smallest absolute Gasteiger partial charge is 0.253 e. The zero-order valence-corrected chi connectivity index (χ0v) is 12.8. The van der Waals surface area contributed by atoms with Crippen LogP contribution in [0.4, 0.5) is 5.69 Å². The van der Waals surface area contributed by atoms with E-state index in [-0.39, 0.29) is 11.8 Å². The lowest BCUT2D eigenvalue weighted by molar-refractivity contribution is -0.116. The Morgan fingerprint density at radius 3 is 2.55 bits per heavy atom. The first-order valence-corrected chi connectivity index (χ1v) is 7.26. The maximum atomic E-state index is 12.1. The highest BCUT2D eigenvalue weighted by atomic mass is 16.2. The van der Waals surface area contributed by atoms with Crippen molar-refractivity contribution < 1.29 is 9.59 Å². The minimum atomic E-state index is -0.213. The molecule has 0 aromatic heterocycles. The van der Waals surface area contributed by atoms with Crippen LogP contribution in [0.15, 0.2) is 48.5 Å². The van der Waals surface area contributed by atoms with Gasteiger partial charge in [-0.2, -0.15) is 0 Å². The third kappa shape index (κ3) is 4.19. The summed E-state index contributed by atoms with van der Waals surface area (Å²) in [5.74, 6) is -0.313. The second-order valence-corrected chi connectivity index (χ2v) is 5.16. The molecule has 0 aliphatic heterocycles. The van der Waals surface area contributed by atoms with Gasteiger partial charge in [-0.05, 0) is 31.0 Å². The van der Waals surface area contributed by atoms with Gasteiger partial charge in [0.2, 0.25) is 5.91 Å². The Kier molecular flexibility index (Phi) is 5.31. The van der Waals surface area contributed by atoms with Crippen molar-refractivity contribution in [2.24, 2.45) is 0 Å². The number of carbonyl (C=O) groups excluding carboxylic acids is 2. The first-order chi connectivity index (χ1) is 10.6. The second-order valence-electron chi connectivity index (χ2n) is 5.16. The van der Waals surface area contributed by atoms with Crippen molar-refractivity contribution in [2.45, 2.75) is 19.8 Å². The van der Waals surface area contributed by atoms with E-state index in [1.807, 2.05) is 25.1 Å². The van der Waals surface area contributed by atoms with Crippen molar-refractivity contribution >= 4 is 17.5 Å². The Morgan fingerprint density at radius 2 is 1.82 bits per heavy atom. The lowest BCUT2D eigenvalue weighted by Crippen LogP contribution is -2.21. The fourth-order valence-electron chi connectivity index (χ4n) is 2.26. The molecule has 22 heavy (non-hydrogen) atoms. The Balaban J connectivity index is 1.99. The molecule has 0 aliphatic carbocycles. The van der Waals surface area contributed by atoms with E-state index in [0.29, 0.717) is 24.1 Å². The lowest BCUT2D eigenvalue weighted by atomic mass is 10.1. The lowest BCUT2D eigenvalue weighted by Gasteiger charge is -2.10. The number of amides is 2. The van der Waals surface area contributed by atoms with Crippen LogP contribution in [0.1, 0.15) is 27.9 Å². The Hall–Kier alpha value is -2.62. The fourth-order valence-corrected chi connectivity index (χ4v) is 2.26. The molecule has 2 aromatic rings. The van der Waals surface area contributed by atoms with E-state index in [0.717, 1.165) is 5.56 Å². The molecule has 2 rings (SSSR count). The molecule has 0 aliphatic rings. The summed E-state index contributed by atoms with van der Waals surface area (Å²) in [6.45, 7) is 2.03. The minimum absolute atomic E-state index is 0.0992. The topological polar surface area (TPSA) is 58.2 Å². The van der Waals surface area contributed by atoms with Crippen LogP contribution in [0.25, 0.3) is 0 Å². The van der Waals surface area contributed by atoms with Gasteiger partial charge in [0, 0.05) is 13.5 Å². The number of rotatable bonds is 5. The molecule has 4 nitrogen and oxygen atoms in total. The van der Waals surface area contributed by atoms with Gasteiger partial charge in [0.25, 0.3) is 5.91 Å². The number of aryl methyl sites for hydroxylation is 2. The van der Waals surface area contributed by atoms with Crippen molar-refractivity contribution in [2.75, 3.05) is 12.4 Å². The van der Waals surface area contributed by atoms with Crippen molar-refractivity contribution in [1.82, 2.24) is 5.32 Å². The third-order valence-electron chi connectivity index (χ3n) is 3.40. The van der Waals surface area contributed by atoms with Crippen molar-refractivity contribution in [3.8, 4) is 0 Å². The highest BCUT2D eigenvalue weighted by Gasteiger charge is 2.11. The zero-order valence-electron chi connectivity index (χ0n) is 12.8. The number of anilines is 1. The molecule has 0 bridgehead atoms. The van der Waals surface area contributed by atoms with E-state index in [4.69, 9.17) is 0 Å². The summed E-state index contributed by atoms with van der Waals surface area (Å²) in [5.41, 5.74) is 3.32. The maximum Gasteiger partial charge on any atom is 0.253 e. The number of nitrogens with one attached hydrogen (secondary N) is 2. The van der Waals surface area contributed by atoms with Gasteiger partial charge in [-0.3, -0.25) is 9.59 Å². The molecule has 2 amide bonds. The molecule has 0 spiro atoms. The van der Waals surface area contributed by atoms with Gasteiger partial charge >= 0.3 is 0 Å². The van der Waals surface area contributed by atoms with Crippen molar-refractivity contribution in [3.05, 3.63) is 65.2 Å². The number of benzene rings is 2. The monoisotopic (exact) mass is 296 g/mol. The molecule has 0 saturated heterocycles. The minimum Gasteiger partial charge on any atom is -0.355 e. The molecular formula is C18H20N2O2. The normalized spacial score (nSPS) is 10.1. The van der Waals surface area contributed by atoms with Gasteiger partial charge < -0.3 is 10.6 Å². The van der Waals surface area contributed by atoms with Gasteiger partial charge in [-0.1, -0.05) is 42.0 Å². The molecule has 0 fully saturated rings. The molecule has 0 saturated carbocycles. The summed E-state index contributed by atoms with van der Waals surface area (Å²) in [6, 6.07) is 15.1. The van der Waals surface area contributed by atoms with E-state index < -0.39 is 0 Å². The first-order valence-electron chi connectivity index (χ1n) is 7.26. The molecule has 0 heterocycles. The quantitative estimate of drug-likeness (QED) is 0.891. The summed E-state index contributed by atoms with van der Waals surface area (Å²) in [6.07, 6.45) is 1.06. The van der Waals surface area contributed by atoms with Gasteiger partial charge in [-0.25, -0.2) is 0 Å². The Bertz CT molecular complexity index is 680. The summed E-state index contributed by atoms with van der Waals surface area (Å²) in [4.78, 5) is 23.9. The molecule has 4 heteroatoms. The van der Waals surface area contributed by atoms with Gasteiger partial charge in [-0.15, -0.1) is 0 Å². The first kappa shape index (κ1) is 15.8. The molecule has 0 radical (unpaired) electrons. The Labute approximate surface area is 130 Å². The number of hydrogen-bond donors (Lipinski definition) is 2. The van der Waals surface area contributed by atoms with Gasteiger partial charge in [0.1, 0.15) is 0 Å². The average molecular weight is 296 g/mol. The molecule has 2 aromatic carbocycles. The van der Waals surface area contributed by atoms with Gasteiger partial charge in [0.05, 0.1) is 11.3 Å². The third-order valence-corrected chi connectivity index (χ3v) is 3.40. The van der Waals surface area contributed by atoms with E-state index in [1.165, 1.54) is 5.56 Å². The largest absolute Gasteiger partial charge is 0.355 e. The molecule has 2 N–H and O–H groups in total. The standard InChI is InChI=1S/C18H20N2O2/c1-13-6-5-7-14(12-13)10-11-17(21)20-16-9-4-3-8-15(16)18(22)19-2/h3-9,12H,10-11H2,1-2H3,(H,19,22)(H,20,21). The number of carbonyl (C=O) groups is 2. The fraction of sp³-hybridized carbons (Fsp3) is 0.222. The van der Waals surface area contributed by atoms with E-state index in [9.17, 15) is 9.59 Å². The van der Waals surface area contributed by atoms with Crippen LogP contribution in [0.2, 0.25) is 0 Å². The summed E-state index contributed by atoms with van der Waals surface area (Å²) < 4.78 is 0. The van der Waals surface area contributed by atoms with Crippen LogP contribution >= 0.6 is 0 Å². The van der Waals surface area contributed by atoms with Crippen molar-refractivity contribution in [3.63, 3.8) is 0 Å². The van der Waals surface area contributed by atoms with Crippen LogP contribution in [0.3, 0.4) is 0 Å². The summed E-state index contributed by atoms with van der Waals surface area (Å²) in [5, 5.41) is 5.38. The van der Waals surface area contributed by atoms with E-state index in [2.05, 4.69) is 16.7 Å². The molecule has 0 atom stereocenters. The van der Waals surface area contributed by atoms with Gasteiger partial charge in [0.15, 0.2) is 0 Å². The molecule has 114 valence electrons. The van der Waals surface area contributed by atoms with E-state index in [1.54, 1.807) is 31.3 Å². The molecular weight excluding hydrogens is 276 g/mol. The summed E-state index contributed by atoms with van der Waals surface area (Å²) in [7, 11) is 1.57. The number of hydrogen-bond acceptors (Lipinski definition) is 2. The highest BCUT2D eigenvalue weighted by molar-refractivity contribution is 6.03. The molecule has 0 unspecified atom stereocenters. The maximum absolute atomic E-state index is 12.1. The number of para-hydroxylation sites is 1. The SMILES string of the molecule is CNC(=O)c1ccccc1NC(=O)CCc1cccc(C)c1. The Morgan fingerprint density at radius 1 is 1.05 bits per heavy atom. The summed E-state index contributed by atoms with van der Waals surface area (Å²) >= 11 is 0. The predicted octanol–water partition coefficient (Wildman–Crippen LogP) is 2.93. The zero-order chi connectivity index (χ0) is 15.9. The average Bonchev–Trinajstić information content (AvgIpc) is 2.53. The van der Waals surface area contributed by atoms with Crippen LogP contribution in [0.5, 0.6) is 0 Å². The van der Waals surface area contributed by atoms with E-state index >= 15 is 0 Å². The van der Waals surface area contributed by atoms with Crippen LogP contribution in [-0.4, -0.2) is 18.9 Å². The van der Waals surface area contributed by atoms with Crippen LogP contribution in [0, 0.1) is 6.92 Å². The van der Waals surface area contributed by atoms with Crippen LogP contribution in [-0.2, 0) is 11.2 Å². The predicted molar refractivity (Wildman–Crippen MR) is 88.0 cm³/mol.